The molecule has 0 aliphatic carbocycles. The van der Waals surface area contributed by atoms with Crippen LogP contribution in [0.15, 0.2) is 18.2 Å². The molecule has 0 spiro atoms. The van der Waals surface area contributed by atoms with Crippen molar-refractivity contribution in [1.29, 1.82) is 5.26 Å². The third-order valence-electron chi connectivity index (χ3n) is 1.86. The molecule has 3 N–H and O–H groups in total. The van der Waals surface area contributed by atoms with E-state index in [4.69, 9.17) is 11.0 Å². The van der Waals surface area contributed by atoms with Crippen LogP contribution in [-0.2, 0) is 0 Å². The largest absolute Gasteiger partial charge is 0.380 e. The smallest absolute Gasteiger partial charge is 0.124 e. The third kappa shape index (κ3) is 2.44. The fraction of sp³-hybridized carbons (Fsp3) is 0.300. The summed E-state index contributed by atoms with van der Waals surface area (Å²) in [5.74, 6) is -0.410. The second kappa shape index (κ2) is 4.58. The van der Waals surface area contributed by atoms with Gasteiger partial charge in [-0.05, 0) is 25.1 Å². The topological polar surface area (TPSA) is 61.8 Å². The van der Waals surface area contributed by atoms with Crippen molar-refractivity contribution < 1.29 is 4.39 Å². The van der Waals surface area contributed by atoms with Crippen LogP contribution in [-0.4, -0.2) is 12.6 Å². The Hall–Kier alpha value is -1.60. The van der Waals surface area contributed by atoms with E-state index in [2.05, 4.69) is 5.32 Å². The Morgan fingerprint density at radius 3 is 2.93 bits per heavy atom. The molecule has 1 unspecified atom stereocenters. The van der Waals surface area contributed by atoms with Gasteiger partial charge in [-0.2, -0.15) is 5.26 Å². The molecule has 1 aromatic carbocycles. The number of nitrogens with zero attached hydrogens (tertiary/aromatic N) is 1. The third-order valence-corrected chi connectivity index (χ3v) is 1.86. The standard InChI is InChI=1S/C10H12FN3/c1-7(5-12)14-10-3-2-9(11)4-8(10)6-13/h2-4,7,14H,5,12H2,1H3. The molecule has 0 radical (unpaired) electrons. The predicted molar refractivity (Wildman–Crippen MR) is 53.3 cm³/mol. The Morgan fingerprint density at radius 1 is 1.64 bits per heavy atom. The zero-order valence-electron chi connectivity index (χ0n) is 7.92. The number of hydrogen-bond acceptors (Lipinski definition) is 3. The van der Waals surface area contributed by atoms with E-state index < -0.39 is 5.82 Å². The van der Waals surface area contributed by atoms with Gasteiger partial charge in [-0.1, -0.05) is 0 Å². The summed E-state index contributed by atoms with van der Waals surface area (Å²) < 4.78 is 12.7. The van der Waals surface area contributed by atoms with Crippen LogP contribution < -0.4 is 11.1 Å². The van der Waals surface area contributed by atoms with Crippen LogP contribution in [0.1, 0.15) is 12.5 Å². The van der Waals surface area contributed by atoms with E-state index in [0.29, 0.717) is 17.8 Å². The van der Waals surface area contributed by atoms with Gasteiger partial charge in [0.2, 0.25) is 0 Å². The van der Waals surface area contributed by atoms with Crippen molar-refractivity contribution in [1.82, 2.24) is 0 Å². The Labute approximate surface area is 82.3 Å². The summed E-state index contributed by atoms with van der Waals surface area (Å²) in [5, 5.41) is 11.8. The maximum atomic E-state index is 12.7. The van der Waals surface area contributed by atoms with E-state index in [1.54, 1.807) is 6.07 Å². The maximum absolute atomic E-state index is 12.7. The van der Waals surface area contributed by atoms with Crippen LogP contribution in [0.2, 0.25) is 0 Å². The van der Waals surface area contributed by atoms with E-state index in [-0.39, 0.29) is 6.04 Å². The first-order valence-electron chi connectivity index (χ1n) is 4.33. The zero-order chi connectivity index (χ0) is 10.6. The number of nitriles is 1. The van der Waals surface area contributed by atoms with E-state index in [1.807, 2.05) is 13.0 Å². The molecule has 0 fully saturated rings. The molecule has 1 rings (SSSR count). The van der Waals surface area contributed by atoms with Crippen molar-refractivity contribution in [3.63, 3.8) is 0 Å². The first-order valence-corrected chi connectivity index (χ1v) is 4.33. The van der Waals surface area contributed by atoms with Crippen molar-refractivity contribution in [2.75, 3.05) is 11.9 Å². The fourth-order valence-corrected chi connectivity index (χ4v) is 1.06. The van der Waals surface area contributed by atoms with Gasteiger partial charge in [0.15, 0.2) is 0 Å². The first kappa shape index (κ1) is 10.5. The van der Waals surface area contributed by atoms with E-state index >= 15 is 0 Å². The SMILES string of the molecule is CC(CN)Nc1ccc(F)cc1C#N. The highest BCUT2D eigenvalue weighted by molar-refractivity contribution is 5.57. The molecule has 74 valence electrons. The number of anilines is 1. The quantitative estimate of drug-likeness (QED) is 0.763. The van der Waals surface area contributed by atoms with Gasteiger partial charge < -0.3 is 11.1 Å². The molecule has 0 saturated carbocycles. The van der Waals surface area contributed by atoms with Gasteiger partial charge in [-0.25, -0.2) is 4.39 Å². The molecule has 1 aromatic rings. The lowest BCUT2D eigenvalue weighted by atomic mass is 10.1. The zero-order valence-corrected chi connectivity index (χ0v) is 7.92. The molecule has 14 heavy (non-hydrogen) atoms. The highest BCUT2D eigenvalue weighted by Crippen LogP contribution is 2.16. The minimum Gasteiger partial charge on any atom is -0.380 e. The number of rotatable bonds is 3. The number of nitrogens with one attached hydrogen (secondary N) is 1. The highest BCUT2D eigenvalue weighted by atomic mass is 19.1. The molecule has 0 saturated heterocycles. The Kier molecular flexibility index (Phi) is 3.43. The molecule has 0 bridgehead atoms. The number of nitrogens with two attached hydrogens (primary N) is 1. The summed E-state index contributed by atoms with van der Waals surface area (Å²) in [6.45, 7) is 2.35. The molecular formula is C10H12FN3. The molecule has 0 amide bonds. The number of hydrogen-bond donors (Lipinski definition) is 2. The molecule has 0 aliphatic rings. The van der Waals surface area contributed by atoms with Gasteiger partial charge in [0.1, 0.15) is 11.9 Å². The van der Waals surface area contributed by atoms with Crippen molar-refractivity contribution in [3.8, 4) is 6.07 Å². The average Bonchev–Trinajstić information content (AvgIpc) is 2.20. The Bertz CT molecular complexity index is 357. The second-order valence-electron chi connectivity index (χ2n) is 3.08. The summed E-state index contributed by atoms with van der Waals surface area (Å²) in [4.78, 5) is 0. The fourth-order valence-electron chi connectivity index (χ4n) is 1.06. The van der Waals surface area contributed by atoms with Crippen LogP contribution in [0.25, 0.3) is 0 Å². The molecule has 0 aromatic heterocycles. The molecule has 0 heterocycles. The lowest BCUT2D eigenvalue weighted by Gasteiger charge is -2.13. The van der Waals surface area contributed by atoms with Crippen LogP contribution in [0.5, 0.6) is 0 Å². The van der Waals surface area contributed by atoms with Gasteiger partial charge in [0, 0.05) is 12.6 Å². The van der Waals surface area contributed by atoms with Crippen molar-refractivity contribution in [3.05, 3.63) is 29.6 Å². The Morgan fingerprint density at radius 2 is 2.36 bits per heavy atom. The summed E-state index contributed by atoms with van der Waals surface area (Å²) in [6.07, 6.45) is 0. The normalized spacial score (nSPS) is 11.9. The number of benzene rings is 1. The minimum absolute atomic E-state index is 0.0626. The molecular weight excluding hydrogens is 181 g/mol. The van der Waals surface area contributed by atoms with E-state index in [0.717, 1.165) is 0 Å². The summed E-state index contributed by atoms with van der Waals surface area (Å²) in [7, 11) is 0. The van der Waals surface area contributed by atoms with Crippen LogP contribution in [0, 0.1) is 17.1 Å². The van der Waals surface area contributed by atoms with Crippen LogP contribution in [0.3, 0.4) is 0 Å². The van der Waals surface area contributed by atoms with Crippen molar-refractivity contribution in [2.45, 2.75) is 13.0 Å². The lowest BCUT2D eigenvalue weighted by Crippen LogP contribution is -2.25. The van der Waals surface area contributed by atoms with Crippen LogP contribution >= 0.6 is 0 Å². The average molecular weight is 193 g/mol. The molecule has 0 aliphatic heterocycles. The first-order chi connectivity index (χ1) is 6.67. The van der Waals surface area contributed by atoms with Gasteiger partial charge in [0.05, 0.1) is 11.3 Å². The van der Waals surface area contributed by atoms with Gasteiger partial charge in [-0.15, -0.1) is 0 Å². The lowest BCUT2D eigenvalue weighted by molar-refractivity contribution is 0.627. The second-order valence-corrected chi connectivity index (χ2v) is 3.08. The van der Waals surface area contributed by atoms with Gasteiger partial charge >= 0.3 is 0 Å². The van der Waals surface area contributed by atoms with E-state index in [1.165, 1.54) is 12.1 Å². The van der Waals surface area contributed by atoms with Crippen molar-refractivity contribution >= 4 is 5.69 Å². The van der Waals surface area contributed by atoms with Gasteiger partial charge in [-0.3, -0.25) is 0 Å². The van der Waals surface area contributed by atoms with E-state index in [9.17, 15) is 4.39 Å². The summed E-state index contributed by atoms with van der Waals surface area (Å²) >= 11 is 0. The number of halogens is 1. The predicted octanol–water partition coefficient (Wildman–Crippen LogP) is 1.46. The summed E-state index contributed by atoms with van der Waals surface area (Å²) in [6, 6.07) is 6.04. The van der Waals surface area contributed by atoms with Gasteiger partial charge in [0.25, 0.3) is 0 Å². The molecule has 3 nitrogen and oxygen atoms in total. The maximum Gasteiger partial charge on any atom is 0.124 e. The Balaban J connectivity index is 2.92. The minimum atomic E-state index is -0.410. The van der Waals surface area contributed by atoms with Crippen LogP contribution in [0.4, 0.5) is 10.1 Å². The molecule has 1 atom stereocenters. The van der Waals surface area contributed by atoms with Crippen molar-refractivity contribution in [2.24, 2.45) is 5.73 Å². The molecule has 4 heteroatoms. The summed E-state index contributed by atoms with van der Waals surface area (Å²) in [5.41, 5.74) is 6.34. The monoisotopic (exact) mass is 193 g/mol. The highest BCUT2D eigenvalue weighted by Gasteiger charge is 2.05.